The molecule has 2 fully saturated rings. The second kappa shape index (κ2) is 5.50. The van der Waals surface area contributed by atoms with Gasteiger partial charge in [0.1, 0.15) is 0 Å². The summed E-state index contributed by atoms with van der Waals surface area (Å²) in [5.41, 5.74) is 0.465. The molecule has 0 aromatic rings. The van der Waals surface area contributed by atoms with Crippen LogP contribution in [0.2, 0.25) is 0 Å². The molecule has 1 aliphatic carbocycles. The van der Waals surface area contributed by atoms with Gasteiger partial charge in [-0.25, -0.2) is 0 Å². The average molecular weight is 252 g/mol. The molecule has 1 aliphatic heterocycles. The van der Waals surface area contributed by atoms with E-state index >= 15 is 0 Å². The van der Waals surface area contributed by atoms with Gasteiger partial charge in [-0.2, -0.15) is 0 Å². The van der Waals surface area contributed by atoms with Crippen LogP contribution in [0, 0.1) is 17.3 Å². The van der Waals surface area contributed by atoms with E-state index in [-0.39, 0.29) is 0 Å². The van der Waals surface area contributed by atoms with Gasteiger partial charge in [0.05, 0.1) is 0 Å². The van der Waals surface area contributed by atoms with Crippen LogP contribution < -0.4 is 5.32 Å². The summed E-state index contributed by atoms with van der Waals surface area (Å²) in [7, 11) is 2.15. The first-order valence-electron chi connectivity index (χ1n) is 7.85. The fourth-order valence-electron chi connectivity index (χ4n) is 4.55. The van der Waals surface area contributed by atoms with Crippen molar-refractivity contribution in [3.63, 3.8) is 0 Å². The Morgan fingerprint density at radius 1 is 1.28 bits per heavy atom. The highest BCUT2D eigenvalue weighted by molar-refractivity contribution is 4.95. The van der Waals surface area contributed by atoms with Gasteiger partial charge in [-0.1, -0.05) is 27.2 Å². The summed E-state index contributed by atoms with van der Waals surface area (Å²) in [6, 6.07) is 1.48. The quantitative estimate of drug-likeness (QED) is 0.830. The largest absolute Gasteiger partial charge is 0.316 e. The van der Waals surface area contributed by atoms with Crippen molar-refractivity contribution in [2.45, 2.75) is 65.5 Å². The highest BCUT2D eigenvalue weighted by Gasteiger charge is 2.39. The molecule has 2 nitrogen and oxygen atoms in total. The summed E-state index contributed by atoms with van der Waals surface area (Å²) in [5, 5.41) is 3.62. The fraction of sp³-hybridized carbons (Fsp3) is 1.00. The van der Waals surface area contributed by atoms with Crippen molar-refractivity contribution >= 4 is 0 Å². The Labute approximate surface area is 114 Å². The highest BCUT2D eigenvalue weighted by Crippen LogP contribution is 2.40. The zero-order valence-corrected chi connectivity index (χ0v) is 13.0. The van der Waals surface area contributed by atoms with Crippen molar-refractivity contribution in [3.8, 4) is 0 Å². The molecule has 0 radical (unpaired) electrons. The van der Waals surface area contributed by atoms with Crippen molar-refractivity contribution in [1.82, 2.24) is 10.2 Å². The van der Waals surface area contributed by atoms with Crippen LogP contribution in [0.4, 0.5) is 0 Å². The third-order valence-electron chi connectivity index (χ3n) is 5.40. The van der Waals surface area contributed by atoms with Crippen molar-refractivity contribution in [2.75, 3.05) is 20.1 Å². The Morgan fingerprint density at radius 3 is 2.56 bits per heavy atom. The SMILES string of the molecule is CNC1C(CN2CC(C)CC2C)CCCC1(C)C. The van der Waals surface area contributed by atoms with Crippen molar-refractivity contribution < 1.29 is 0 Å². The first kappa shape index (κ1) is 14.3. The molecule has 2 rings (SSSR count). The normalized spacial score (nSPS) is 41.2. The van der Waals surface area contributed by atoms with Gasteiger partial charge in [0.25, 0.3) is 0 Å². The Balaban J connectivity index is 1.99. The number of hydrogen-bond acceptors (Lipinski definition) is 2. The zero-order valence-electron chi connectivity index (χ0n) is 13.0. The van der Waals surface area contributed by atoms with Crippen LogP contribution >= 0.6 is 0 Å². The molecule has 2 aliphatic rings. The van der Waals surface area contributed by atoms with E-state index in [1.165, 1.54) is 38.8 Å². The molecule has 2 heteroatoms. The van der Waals surface area contributed by atoms with E-state index in [1.54, 1.807) is 0 Å². The number of rotatable bonds is 3. The van der Waals surface area contributed by atoms with Gasteiger partial charge in [0.2, 0.25) is 0 Å². The molecule has 0 aromatic carbocycles. The lowest BCUT2D eigenvalue weighted by molar-refractivity contribution is 0.0810. The molecule has 4 unspecified atom stereocenters. The Bertz CT molecular complexity index is 274. The van der Waals surface area contributed by atoms with Crippen molar-refractivity contribution in [2.24, 2.45) is 17.3 Å². The number of nitrogens with zero attached hydrogens (tertiary/aromatic N) is 1. The Kier molecular flexibility index (Phi) is 4.38. The van der Waals surface area contributed by atoms with E-state index in [1.807, 2.05) is 0 Å². The van der Waals surface area contributed by atoms with Gasteiger partial charge < -0.3 is 10.2 Å². The summed E-state index contributed by atoms with van der Waals surface area (Å²) < 4.78 is 0. The molecule has 106 valence electrons. The minimum atomic E-state index is 0.465. The van der Waals surface area contributed by atoms with Crippen LogP contribution in [-0.2, 0) is 0 Å². The second-order valence-electron chi connectivity index (χ2n) is 7.55. The van der Waals surface area contributed by atoms with Gasteiger partial charge in [0.15, 0.2) is 0 Å². The Morgan fingerprint density at radius 2 is 2.00 bits per heavy atom. The molecule has 0 aromatic heterocycles. The number of nitrogens with one attached hydrogen (secondary N) is 1. The highest BCUT2D eigenvalue weighted by atomic mass is 15.2. The van der Waals surface area contributed by atoms with Gasteiger partial charge in [-0.05, 0) is 50.5 Å². The van der Waals surface area contributed by atoms with Gasteiger partial charge in [-0.15, -0.1) is 0 Å². The summed E-state index contributed by atoms with van der Waals surface area (Å²) in [6.07, 6.45) is 5.58. The van der Waals surface area contributed by atoms with Gasteiger partial charge >= 0.3 is 0 Å². The topological polar surface area (TPSA) is 15.3 Å². The summed E-state index contributed by atoms with van der Waals surface area (Å²) in [4.78, 5) is 2.74. The molecule has 0 spiro atoms. The predicted octanol–water partition coefficient (Wildman–Crippen LogP) is 3.13. The molecule has 1 heterocycles. The maximum atomic E-state index is 3.62. The molecular weight excluding hydrogens is 220 g/mol. The van der Waals surface area contributed by atoms with E-state index in [4.69, 9.17) is 0 Å². The monoisotopic (exact) mass is 252 g/mol. The lowest BCUT2D eigenvalue weighted by Crippen LogP contribution is -2.52. The van der Waals surface area contributed by atoms with Crippen LogP contribution in [0.5, 0.6) is 0 Å². The third-order valence-corrected chi connectivity index (χ3v) is 5.40. The molecular formula is C16H32N2. The van der Waals surface area contributed by atoms with Crippen molar-refractivity contribution in [3.05, 3.63) is 0 Å². The van der Waals surface area contributed by atoms with E-state index in [0.717, 1.165) is 17.9 Å². The first-order valence-corrected chi connectivity index (χ1v) is 7.85. The number of likely N-dealkylation sites (tertiary alicyclic amines) is 1. The number of hydrogen-bond donors (Lipinski definition) is 1. The van der Waals surface area contributed by atoms with E-state index in [9.17, 15) is 0 Å². The van der Waals surface area contributed by atoms with Crippen LogP contribution in [0.15, 0.2) is 0 Å². The predicted molar refractivity (Wildman–Crippen MR) is 78.8 cm³/mol. The molecule has 1 N–H and O–H groups in total. The van der Waals surface area contributed by atoms with E-state index in [0.29, 0.717) is 11.5 Å². The van der Waals surface area contributed by atoms with Crippen LogP contribution in [0.3, 0.4) is 0 Å². The second-order valence-corrected chi connectivity index (χ2v) is 7.55. The Hall–Kier alpha value is -0.0800. The lowest BCUT2D eigenvalue weighted by atomic mass is 9.68. The van der Waals surface area contributed by atoms with E-state index in [2.05, 4.69) is 45.0 Å². The minimum Gasteiger partial charge on any atom is -0.316 e. The maximum Gasteiger partial charge on any atom is 0.0156 e. The molecule has 4 atom stereocenters. The van der Waals surface area contributed by atoms with Crippen LogP contribution in [0.25, 0.3) is 0 Å². The molecule has 1 saturated heterocycles. The van der Waals surface area contributed by atoms with Crippen LogP contribution in [0.1, 0.15) is 53.4 Å². The molecule has 1 saturated carbocycles. The molecule has 0 bridgehead atoms. The summed E-state index contributed by atoms with van der Waals surface area (Å²) in [6.45, 7) is 12.3. The zero-order chi connectivity index (χ0) is 13.3. The first-order chi connectivity index (χ1) is 8.44. The third kappa shape index (κ3) is 2.91. The van der Waals surface area contributed by atoms with E-state index < -0.39 is 0 Å². The van der Waals surface area contributed by atoms with Gasteiger partial charge in [0, 0.05) is 25.2 Å². The minimum absolute atomic E-state index is 0.465. The smallest absolute Gasteiger partial charge is 0.0156 e. The standard InChI is InChI=1S/C16H32N2/c1-12-9-13(2)18(10-12)11-14-7-6-8-16(3,4)15(14)17-5/h12-15,17H,6-11H2,1-5H3. The molecule has 0 amide bonds. The van der Waals surface area contributed by atoms with Crippen molar-refractivity contribution in [1.29, 1.82) is 0 Å². The fourth-order valence-corrected chi connectivity index (χ4v) is 4.55. The average Bonchev–Trinajstić information content (AvgIpc) is 2.56. The lowest BCUT2D eigenvalue weighted by Gasteiger charge is -2.45. The maximum absolute atomic E-state index is 3.62. The molecule has 18 heavy (non-hydrogen) atoms. The van der Waals surface area contributed by atoms with Crippen LogP contribution in [-0.4, -0.2) is 37.1 Å². The van der Waals surface area contributed by atoms with Gasteiger partial charge in [-0.3, -0.25) is 0 Å². The summed E-state index contributed by atoms with van der Waals surface area (Å²) in [5.74, 6) is 1.73. The summed E-state index contributed by atoms with van der Waals surface area (Å²) >= 11 is 0.